The smallest absolute Gasteiger partial charge is 0.280 e. The van der Waals surface area contributed by atoms with Crippen LogP contribution < -0.4 is 10.3 Å². The van der Waals surface area contributed by atoms with Crippen LogP contribution in [0.3, 0.4) is 0 Å². The van der Waals surface area contributed by atoms with Gasteiger partial charge in [0.2, 0.25) is 5.89 Å². The fraction of sp³-hybridized carbons (Fsp3) is 0.316. The predicted molar refractivity (Wildman–Crippen MR) is 97.2 cm³/mol. The molecular weight excluding hydrogens is 360 g/mol. The van der Waals surface area contributed by atoms with Crippen molar-refractivity contribution in [1.29, 1.82) is 0 Å². The number of imidazole rings is 1. The van der Waals surface area contributed by atoms with Crippen molar-refractivity contribution < 1.29 is 9.26 Å². The number of para-hydroxylation sites is 1. The number of benzene rings is 1. The number of aryl methyl sites for hydroxylation is 2. The van der Waals surface area contributed by atoms with Crippen LogP contribution in [-0.4, -0.2) is 35.3 Å². The summed E-state index contributed by atoms with van der Waals surface area (Å²) in [5.41, 5.74) is 3.03. The SMILES string of the molecule is Cc1cccc2c1O[C@@H]1C2[C@H]1c1noc(Cn2cnc3ncn(C)c3c2=O)n1. The summed E-state index contributed by atoms with van der Waals surface area (Å²) in [6, 6.07) is 6.20. The monoisotopic (exact) mass is 376 g/mol. The average Bonchev–Trinajstić information content (AvgIpc) is 3.04. The lowest BCUT2D eigenvalue weighted by Gasteiger charge is -2.08. The molecule has 6 rings (SSSR count). The molecule has 0 N–H and O–H groups in total. The van der Waals surface area contributed by atoms with E-state index >= 15 is 0 Å². The highest BCUT2D eigenvalue weighted by Crippen LogP contribution is 2.63. The molecule has 3 atom stereocenters. The lowest BCUT2D eigenvalue weighted by Crippen LogP contribution is -2.22. The van der Waals surface area contributed by atoms with E-state index in [4.69, 9.17) is 9.26 Å². The van der Waals surface area contributed by atoms with Gasteiger partial charge in [-0.3, -0.25) is 9.36 Å². The second kappa shape index (κ2) is 5.28. The van der Waals surface area contributed by atoms with Crippen molar-refractivity contribution in [2.75, 3.05) is 0 Å². The minimum Gasteiger partial charge on any atom is -0.488 e. The van der Waals surface area contributed by atoms with Gasteiger partial charge in [-0.1, -0.05) is 23.4 Å². The molecule has 1 fully saturated rings. The van der Waals surface area contributed by atoms with Crippen LogP contribution in [0.25, 0.3) is 11.2 Å². The number of rotatable bonds is 3. The molecule has 9 heteroatoms. The minimum absolute atomic E-state index is 0.0664. The summed E-state index contributed by atoms with van der Waals surface area (Å²) in [7, 11) is 1.76. The van der Waals surface area contributed by atoms with E-state index in [1.54, 1.807) is 17.9 Å². The molecule has 0 saturated heterocycles. The van der Waals surface area contributed by atoms with Crippen LogP contribution in [0.5, 0.6) is 5.75 Å². The molecule has 4 aromatic rings. The highest BCUT2D eigenvalue weighted by molar-refractivity contribution is 5.68. The van der Waals surface area contributed by atoms with E-state index in [9.17, 15) is 4.79 Å². The van der Waals surface area contributed by atoms with E-state index in [1.807, 2.05) is 6.07 Å². The maximum Gasteiger partial charge on any atom is 0.280 e. The van der Waals surface area contributed by atoms with Gasteiger partial charge in [0.05, 0.1) is 12.2 Å². The number of aromatic nitrogens is 6. The summed E-state index contributed by atoms with van der Waals surface area (Å²) < 4.78 is 14.6. The molecule has 0 amide bonds. The van der Waals surface area contributed by atoms with E-state index in [-0.39, 0.29) is 30.0 Å². The van der Waals surface area contributed by atoms with Crippen molar-refractivity contribution >= 4 is 11.2 Å². The number of hydrogen-bond acceptors (Lipinski definition) is 7. The Morgan fingerprint density at radius 1 is 1.18 bits per heavy atom. The Morgan fingerprint density at radius 2 is 2.04 bits per heavy atom. The fourth-order valence-electron chi connectivity index (χ4n) is 4.14. The standard InChI is InChI=1S/C19H16N6O3/c1-9-4-3-5-10-12-13(16(12)27-15(9)10)17-22-11(28-23-17)6-25-8-21-18-14(19(25)26)24(2)7-20-18/h3-5,7-8,12-13,16H,6H2,1-2H3/t12?,13-,16-/m1/s1. The average molecular weight is 376 g/mol. The fourth-order valence-corrected chi connectivity index (χ4v) is 4.14. The van der Waals surface area contributed by atoms with Gasteiger partial charge in [0, 0.05) is 18.5 Å². The zero-order valence-corrected chi connectivity index (χ0v) is 15.2. The number of ether oxygens (including phenoxy) is 1. The maximum absolute atomic E-state index is 12.6. The first-order chi connectivity index (χ1) is 13.6. The van der Waals surface area contributed by atoms with E-state index in [0.29, 0.717) is 22.9 Å². The van der Waals surface area contributed by atoms with Crippen LogP contribution in [0.1, 0.15) is 34.7 Å². The van der Waals surface area contributed by atoms with Gasteiger partial charge in [-0.2, -0.15) is 4.98 Å². The van der Waals surface area contributed by atoms with Gasteiger partial charge in [0.1, 0.15) is 24.7 Å². The van der Waals surface area contributed by atoms with Crippen molar-refractivity contribution in [3.63, 3.8) is 0 Å². The predicted octanol–water partition coefficient (Wildman–Crippen LogP) is 1.51. The van der Waals surface area contributed by atoms with Gasteiger partial charge in [0.15, 0.2) is 17.0 Å². The highest BCUT2D eigenvalue weighted by atomic mass is 16.5. The minimum atomic E-state index is -0.194. The second-order valence-corrected chi connectivity index (χ2v) is 7.38. The number of hydrogen-bond donors (Lipinski definition) is 0. The summed E-state index contributed by atoms with van der Waals surface area (Å²) in [5, 5.41) is 4.13. The Hall–Kier alpha value is -3.49. The summed E-state index contributed by atoms with van der Waals surface area (Å²) >= 11 is 0. The van der Waals surface area contributed by atoms with Crippen LogP contribution in [0.2, 0.25) is 0 Å². The quantitative estimate of drug-likeness (QED) is 0.534. The summed E-state index contributed by atoms with van der Waals surface area (Å²) in [6.45, 7) is 2.22. The van der Waals surface area contributed by atoms with E-state index < -0.39 is 0 Å². The van der Waals surface area contributed by atoms with Gasteiger partial charge < -0.3 is 13.8 Å². The Labute approximate surface area is 158 Å². The Bertz CT molecular complexity index is 1300. The van der Waals surface area contributed by atoms with Crippen molar-refractivity contribution in [2.45, 2.75) is 31.4 Å². The highest BCUT2D eigenvalue weighted by Gasteiger charge is 2.61. The van der Waals surface area contributed by atoms with E-state index in [2.05, 4.69) is 39.2 Å². The van der Waals surface area contributed by atoms with Gasteiger partial charge in [-0.15, -0.1) is 0 Å². The van der Waals surface area contributed by atoms with Crippen molar-refractivity contribution in [3.05, 3.63) is 64.0 Å². The molecule has 0 spiro atoms. The van der Waals surface area contributed by atoms with E-state index in [0.717, 1.165) is 11.3 Å². The Balaban J connectivity index is 1.28. The topological polar surface area (TPSA) is 101 Å². The van der Waals surface area contributed by atoms with Crippen LogP contribution in [0.4, 0.5) is 0 Å². The third-order valence-corrected chi connectivity index (χ3v) is 5.60. The van der Waals surface area contributed by atoms with Gasteiger partial charge in [-0.05, 0) is 12.5 Å². The zero-order valence-electron chi connectivity index (χ0n) is 15.2. The van der Waals surface area contributed by atoms with Crippen LogP contribution in [-0.2, 0) is 13.6 Å². The first-order valence-electron chi connectivity index (χ1n) is 9.07. The zero-order chi connectivity index (χ0) is 19.0. The van der Waals surface area contributed by atoms with Crippen molar-refractivity contribution in [2.24, 2.45) is 7.05 Å². The first kappa shape index (κ1) is 15.6. The third kappa shape index (κ3) is 2.04. The third-order valence-electron chi connectivity index (χ3n) is 5.60. The van der Waals surface area contributed by atoms with E-state index in [1.165, 1.54) is 16.5 Å². The van der Waals surface area contributed by atoms with Crippen LogP contribution in [0, 0.1) is 6.92 Å². The largest absolute Gasteiger partial charge is 0.488 e. The molecule has 3 aromatic heterocycles. The van der Waals surface area contributed by atoms with Gasteiger partial charge in [-0.25, -0.2) is 9.97 Å². The second-order valence-electron chi connectivity index (χ2n) is 7.38. The molecule has 2 aliphatic rings. The summed E-state index contributed by atoms with van der Waals surface area (Å²) in [5.74, 6) is 2.35. The molecule has 1 aliphatic heterocycles. The van der Waals surface area contributed by atoms with Gasteiger partial charge >= 0.3 is 0 Å². The maximum atomic E-state index is 12.6. The normalized spacial score (nSPS) is 22.1. The van der Waals surface area contributed by atoms with Gasteiger partial charge in [0.25, 0.3) is 5.56 Å². The molecule has 1 aromatic carbocycles. The van der Waals surface area contributed by atoms with Crippen molar-refractivity contribution in [1.82, 2.24) is 29.2 Å². The molecule has 9 nitrogen and oxygen atoms in total. The van der Waals surface area contributed by atoms with Crippen molar-refractivity contribution in [3.8, 4) is 5.75 Å². The lowest BCUT2D eigenvalue weighted by molar-refractivity contribution is 0.304. The molecule has 28 heavy (non-hydrogen) atoms. The Morgan fingerprint density at radius 3 is 2.93 bits per heavy atom. The molecule has 4 heterocycles. The molecule has 1 aliphatic carbocycles. The lowest BCUT2D eigenvalue weighted by atomic mass is 10.1. The number of nitrogens with zero attached hydrogens (tertiary/aromatic N) is 6. The summed E-state index contributed by atoms with van der Waals surface area (Å²) in [6.07, 6.45) is 3.09. The number of fused-ring (bicyclic) bond motifs is 4. The molecule has 140 valence electrons. The van der Waals surface area contributed by atoms with Crippen LogP contribution >= 0.6 is 0 Å². The Kier molecular flexibility index (Phi) is 2.93. The first-order valence-corrected chi connectivity index (χ1v) is 9.07. The summed E-state index contributed by atoms with van der Waals surface area (Å²) in [4.78, 5) is 25.5. The molecule has 0 bridgehead atoms. The van der Waals surface area contributed by atoms with Crippen LogP contribution in [0.15, 0.2) is 40.2 Å². The molecule has 1 unspecified atom stereocenters. The molecular formula is C19H16N6O3. The molecule has 1 saturated carbocycles. The molecule has 0 radical (unpaired) electrons.